The summed E-state index contributed by atoms with van der Waals surface area (Å²) in [4.78, 5) is 0. The van der Waals surface area contributed by atoms with Gasteiger partial charge in [-0.1, -0.05) is 0 Å². The van der Waals surface area contributed by atoms with Gasteiger partial charge in [0.15, 0.2) is 0 Å². The van der Waals surface area contributed by atoms with E-state index in [9.17, 15) is 0 Å². The van der Waals surface area contributed by atoms with Crippen molar-refractivity contribution in [2.45, 2.75) is 25.0 Å². The number of hydrogen-bond donors (Lipinski definition) is 0. The van der Waals surface area contributed by atoms with Gasteiger partial charge in [-0.05, 0) is 0 Å². The molecule has 3 heteroatoms. The van der Waals surface area contributed by atoms with Crippen LogP contribution in [0.4, 0.5) is 0 Å². The summed E-state index contributed by atoms with van der Waals surface area (Å²) in [6, 6.07) is 0. The van der Waals surface area contributed by atoms with E-state index in [1.807, 2.05) is 0 Å². The van der Waals surface area contributed by atoms with E-state index in [1.165, 1.54) is 6.42 Å². The van der Waals surface area contributed by atoms with Crippen molar-refractivity contribution in [3.63, 3.8) is 0 Å². The maximum atomic E-state index is 2.73. The second kappa shape index (κ2) is 10.5. The molecular formula is C4H9AlBr2. The molecule has 0 N–H and O–H groups in total. The normalized spacial score (nSPS) is 10.9. The summed E-state index contributed by atoms with van der Waals surface area (Å²) in [6.07, 6.45) is 1.27. The molecule has 0 aromatic rings. The van der Waals surface area contributed by atoms with Crippen LogP contribution in [-0.4, -0.2) is 16.3 Å². The van der Waals surface area contributed by atoms with Crippen LogP contribution in [0.2, 0.25) is 4.78 Å². The monoisotopic (exact) mass is 242 g/mol. The number of halogens is 2. The third-order valence-electron chi connectivity index (χ3n) is 0.644. The van der Waals surface area contributed by atoms with Gasteiger partial charge in [0.2, 0.25) is 0 Å². The van der Waals surface area contributed by atoms with Gasteiger partial charge >= 0.3 is 41.3 Å². The van der Waals surface area contributed by atoms with Crippen molar-refractivity contribution in [2.75, 3.05) is 0 Å². The van der Waals surface area contributed by atoms with E-state index in [4.69, 9.17) is 0 Å². The van der Waals surface area contributed by atoms with Crippen LogP contribution in [0, 0.1) is 0 Å². The van der Waals surface area contributed by atoms with Crippen LogP contribution in [0.3, 0.4) is 0 Å². The fourth-order valence-corrected chi connectivity index (χ4v) is 0. The molecule has 0 aliphatic carbocycles. The van der Waals surface area contributed by atoms with Gasteiger partial charge in [-0.3, -0.25) is 0 Å². The van der Waals surface area contributed by atoms with Crippen molar-refractivity contribution in [3.8, 4) is 0 Å². The SMILES string of the molecule is CC[CH](C)[Al+2].[Br-].[Br-]. The summed E-state index contributed by atoms with van der Waals surface area (Å²) in [6.45, 7) is 4.36. The Labute approximate surface area is 75.0 Å². The standard InChI is InChI=1S/C4H9.Al.2BrH/c1-3-4-2;;;/h3H,4H2,1-2H3;;2*1H/q;+2;;/p-2. The molecule has 0 bridgehead atoms. The second-order valence-electron chi connectivity index (χ2n) is 1.39. The molecule has 0 saturated carbocycles. The Kier molecular flexibility index (Phi) is 23.6. The van der Waals surface area contributed by atoms with E-state index in [0.29, 0.717) is 0 Å². The van der Waals surface area contributed by atoms with Gasteiger partial charge in [0.1, 0.15) is 0 Å². The molecule has 1 atom stereocenters. The Bertz CT molecular complexity index is 23.7. The zero-order chi connectivity index (χ0) is 4.28. The van der Waals surface area contributed by atoms with E-state index in [2.05, 4.69) is 30.1 Å². The molecule has 0 heterocycles. The first kappa shape index (κ1) is 15.8. The molecule has 0 amide bonds. The minimum absolute atomic E-state index is 0. The summed E-state index contributed by atoms with van der Waals surface area (Å²) in [7, 11) is 0. The van der Waals surface area contributed by atoms with Gasteiger partial charge in [-0.25, -0.2) is 0 Å². The van der Waals surface area contributed by atoms with Crippen LogP contribution in [0.25, 0.3) is 0 Å². The van der Waals surface area contributed by atoms with Gasteiger partial charge in [-0.2, -0.15) is 0 Å². The molecule has 0 aliphatic heterocycles. The molecule has 0 spiro atoms. The number of hydrogen-bond acceptors (Lipinski definition) is 0. The van der Waals surface area contributed by atoms with Crippen LogP contribution in [0.5, 0.6) is 0 Å². The molecule has 0 radical (unpaired) electrons. The zero-order valence-electron chi connectivity index (χ0n) is 4.62. The molecule has 0 saturated heterocycles. The van der Waals surface area contributed by atoms with Gasteiger partial charge in [0, 0.05) is 0 Å². The van der Waals surface area contributed by atoms with Crippen molar-refractivity contribution in [2.24, 2.45) is 0 Å². The predicted octanol–water partition coefficient (Wildman–Crippen LogP) is -4.62. The summed E-state index contributed by atoms with van der Waals surface area (Å²) in [5.74, 6) is 0. The summed E-state index contributed by atoms with van der Waals surface area (Å²) < 4.78 is 0.801. The predicted molar refractivity (Wildman–Crippen MR) is 25.5 cm³/mol. The Morgan fingerprint density at radius 2 is 1.57 bits per heavy atom. The van der Waals surface area contributed by atoms with Crippen LogP contribution < -0.4 is 34.0 Å². The summed E-state index contributed by atoms with van der Waals surface area (Å²) >= 11 is 2.73. The van der Waals surface area contributed by atoms with Crippen molar-refractivity contribution in [3.05, 3.63) is 0 Å². The average molecular weight is 244 g/mol. The smallest absolute Gasteiger partial charge is 1.00 e. The van der Waals surface area contributed by atoms with E-state index in [0.717, 1.165) is 4.78 Å². The molecule has 7 heavy (non-hydrogen) atoms. The largest absolute Gasteiger partial charge is 1.00 e. The first-order valence-corrected chi connectivity index (χ1v) is 2.69. The third-order valence-corrected chi connectivity index (χ3v) is 1.12. The van der Waals surface area contributed by atoms with Crippen LogP contribution in [-0.2, 0) is 0 Å². The molecular weight excluding hydrogens is 235 g/mol. The minimum Gasteiger partial charge on any atom is -1.00 e. The molecule has 0 aromatic carbocycles. The maximum absolute atomic E-state index is 2.73. The van der Waals surface area contributed by atoms with Crippen molar-refractivity contribution < 1.29 is 34.0 Å². The zero-order valence-corrected chi connectivity index (χ0v) is 8.94. The van der Waals surface area contributed by atoms with Gasteiger partial charge in [0.25, 0.3) is 0 Å². The fraction of sp³-hybridized carbons (Fsp3) is 1.00. The Hall–Kier alpha value is 1.49. The molecule has 1 unspecified atom stereocenters. The summed E-state index contributed by atoms with van der Waals surface area (Å²) in [5.41, 5.74) is 0. The van der Waals surface area contributed by atoms with Crippen molar-refractivity contribution in [1.29, 1.82) is 0 Å². The number of rotatable bonds is 1. The van der Waals surface area contributed by atoms with Gasteiger partial charge < -0.3 is 34.0 Å². The molecule has 0 aliphatic rings. The van der Waals surface area contributed by atoms with Crippen molar-refractivity contribution >= 4 is 16.3 Å². The molecule has 42 valence electrons. The first-order chi connectivity index (χ1) is 2.27. The molecule has 0 nitrogen and oxygen atoms in total. The van der Waals surface area contributed by atoms with Gasteiger partial charge in [-0.15, -0.1) is 0 Å². The second-order valence-corrected chi connectivity index (χ2v) is 2.52. The molecule has 0 rings (SSSR count). The molecule has 0 aromatic heterocycles. The van der Waals surface area contributed by atoms with E-state index < -0.39 is 0 Å². The van der Waals surface area contributed by atoms with E-state index in [1.54, 1.807) is 0 Å². The topological polar surface area (TPSA) is 0 Å². The fourth-order valence-electron chi connectivity index (χ4n) is 0. The molecule has 0 fully saturated rings. The minimum atomic E-state index is 0. The van der Waals surface area contributed by atoms with E-state index >= 15 is 0 Å². The average Bonchev–Trinajstić information content (AvgIpc) is 1.38. The first-order valence-electron chi connectivity index (χ1n) is 2.03. The Morgan fingerprint density at radius 1 is 1.43 bits per heavy atom. The van der Waals surface area contributed by atoms with Crippen LogP contribution in [0.15, 0.2) is 0 Å². The third kappa shape index (κ3) is 18.5. The van der Waals surface area contributed by atoms with E-state index in [-0.39, 0.29) is 34.0 Å². The van der Waals surface area contributed by atoms with Crippen LogP contribution >= 0.6 is 0 Å². The Morgan fingerprint density at radius 3 is 1.57 bits per heavy atom. The quantitative estimate of drug-likeness (QED) is 0.407. The van der Waals surface area contributed by atoms with Gasteiger partial charge in [0.05, 0.1) is 0 Å². The maximum Gasteiger partial charge on any atom is -1.00 e. The van der Waals surface area contributed by atoms with Crippen molar-refractivity contribution in [1.82, 2.24) is 0 Å². The summed E-state index contributed by atoms with van der Waals surface area (Å²) in [5, 5.41) is 0. The van der Waals surface area contributed by atoms with Crippen LogP contribution in [0.1, 0.15) is 20.3 Å². The Balaban J connectivity index is -0.0000000800.